The maximum absolute atomic E-state index is 13.5. The molecule has 1 atom stereocenters. The number of rotatable bonds is 5. The molecule has 3 nitrogen and oxygen atoms in total. The van der Waals surface area contributed by atoms with Gasteiger partial charge in [-0.05, 0) is 30.9 Å². The molecule has 1 aromatic rings. The monoisotopic (exact) mass is 282 g/mol. The maximum Gasteiger partial charge on any atom is 0.224 e. The minimum atomic E-state index is -0.690. The van der Waals surface area contributed by atoms with Crippen molar-refractivity contribution in [2.45, 2.75) is 38.1 Å². The molecule has 1 aliphatic carbocycles. The molecule has 1 amide bonds. The van der Waals surface area contributed by atoms with E-state index in [9.17, 15) is 13.6 Å². The van der Waals surface area contributed by atoms with Gasteiger partial charge in [0.05, 0.1) is 6.42 Å². The van der Waals surface area contributed by atoms with Gasteiger partial charge in [0, 0.05) is 18.2 Å². The van der Waals surface area contributed by atoms with Crippen LogP contribution in [-0.4, -0.2) is 18.5 Å². The van der Waals surface area contributed by atoms with E-state index in [0.717, 1.165) is 37.8 Å². The van der Waals surface area contributed by atoms with Crippen molar-refractivity contribution >= 4 is 5.91 Å². The largest absolute Gasteiger partial charge is 0.352 e. The van der Waals surface area contributed by atoms with Crippen molar-refractivity contribution in [1.29, 1.82) is 0 Å². The Morgan fingerprint density at radius 2 is 1.90 bits per heavy atom. The van der Waals surface area contributed by atoms with Gasteiger partial charge in [-0.15, -0.1) is 0 Å². The van der Waals surface area contributed by atoms with Gasteiger partial charge in [-0.1, -0.05) is 18.9 Å². The van der Waals surface area contributed by atoms with Crippen LogP contribution < -0.4 is 11.1 Å². The van der Waals surface area contributed by atoms with E-state index in [-0.39, 0.29) is 23.9 Å². The summed E-state index contributed by atoms with van der Waals surface area (Å²) in [4.78, 5) is 11.9. The molecule has 110 valence electrons. The molecule has 0 heterocycles. The maximum atomic E-state index is 13.5. The molecule has 20 heavy (non-hydrogen) atoms. The zero-order valence-corrected chi connectivity index (χ0v) is 11.4. The van der Waals surface area contributed by atoms with Crippen molar-refractivity contribution in [3.05, 3.63) is 35.4 Å². The van der Waals surface area contributed by atoms with Crippen LogP contribution in [0.5, 0.6) is 0 Å². The SMILES string of the molecule is NCC(NC(=O)Cc1c(F)cccc1F)C1CCCC1. The van der Waals surface area contributed by atoms with E-state index in [1.807, 2.05) is 0 Å². The van der Waals surface area contributed by atoms with E-state index in [2.05, 4.69) is 5.32 Å². The third kappa shape index (κ3) is 3.54. The van der Waals surface area contributed by atoms with E-state index in [0.29, 0.717) is 12.5 Å². The van der Waals surface area contributed by atoms with Crippen LogP contribution in [-0.2, 0) is 11.2 Å². The molecule has 0 aliphatic heterocycles. The van der Waals surface area contributed by atoms with Crippen LogP contribution in [0, 0.1) is 17.6 Å². The fraction of sp³-hybridized carbons (Fsp3) is 0.533. The average Bonchev–Trinajstić information content (AvgIpc) is 2.94. The summed E-state index contributed by atoms with van der Waals surface area (Å²) in [6.07, 6.45) is 4.12. The highest BCUT2D eigenvalue weighted by molar-refractivity contribution is 5.79. The van der Waals surface area contributed by atoms with Crippen LogP contribution in [0.2, 0.25) is 0 Å². The smallest absolute Gasteiger partial charge is 0.224 e. The van der Waals surface area contributed by atoms with Gasteiger partial charge in [0.2, 0.25) is 5.91 Å². The molecule has 1 aromatic carbocycles. The Morgan fingerprint density at radius 3 is 2.45 bits per heavy atom. The number of hydrogen-bond donors (Lipinski definition) is 2. The Balaban J connectivity index is 1.97. The van der Waals surface area contributed by atoms with E-state index >= 15 is 0 Å². The highest BCUT2D eigenvalue weighted by Crippen LogP contribution is 2.27. The van der Waals surface area contributed by atoms with Gasteiger partial charge in [0.1, 0.15) is 11.6 Å². The van der Waals surface area contributed by atoms with Crippen molar-refractivity contribution in [2.24, 2.45) is 11.7 Å². The summed E-state index contributed by atoms with van der Waals surface area (Å²) in [7, 11) is 0. The number of nitrogens with one attached hydrogen (secondary N) is 1. The summed E-state index contributed by atoms with van der Waals surface area (Å²) in [6, 6.07) is 3.50. The van der Waals surface area contributed by atoms with E-state index < -0.39 is 11.6 Å². The van der Waals surface area contributed by atoms with Crippen molar-refractivity contribution < 1.29 is 13.6 Å². The number of carbonyl (C=O) groups is 1. The Bertz CT molecular complexity index is 453. The van der Waals surface area contributed by atoms with E-state index in [1.165, 1.54) is 6.07 Å². The average molecular weight is 282 g/mol. The highest BCUT2D eigenvalue weighted by atomic mass is 19.1. The first-order valence-electron chi connectivity index (χ1n) is 7.04. The molecule has 2 rings (SSSR count). The first-order chi connectivity index (χ1) is 9.61. The topological polar surface area (TPSA) is 55.1 Å². The van der Waals surface area contributed by atoms with Gasteiger partial charge in [0.15, 0.2) is 0 Å². The molecule has 0 aromatic heterocycles. The molecule has 5 heteroatoms. The van der Waals surface area contributed by atoms with E-state index in [4.69, 9.17) is 5.73 Å². The Hall–Kier alpha value is -1.49. The number of carbonyl (C=O) groups excluding carboxylic acids is 1. The number of nitrogens with two attached hydrogens (primary N) is 1. The van der Waals surface area contributed by atoms with Gasteiger partial charge in [0.25, 0.3) is 0 Å². The highest BCUT2D eigenvalue weighted by Gasteiger charge is 2.25. The Kier molecular flexibility index (Phi) is 5.06. The summed E-state index contributed by atoms with van der Waals surface area (Å²) in [6.45, 7) is 0.357. The van der Waals surface area contributed by atoms with Crippen LogP contribution in [0.4, 0.5) is 8.78 Å². The minimum absolute atomic E-state index is 0.0974. The zero-order valence-electron chi connectivity index (χ0n) is 11.4. The summed E-state index contributed by atoms with van der Waals surface area (Å²) in [5, 5.41) is 2.81. The zero-order chi connectivity index (χ0) is 14.5. The van der Waals surface area contributed by atoms with Gasteiger partial charge in [-0.3, -0.25) is 4.79 Å². The first kappa shape index (κ1) is 14.9. The van der Waals surface area contributed by atoms with Crippen molar-refractivity contribution in [1.82, 2.24) is 5.32 Å². The second-order valence-corrected chi connectivity index (χ2v) is 5.33. The molecule has 1 saturated carbocycles. The molecule has 0 bridgehead atoms. The van der Waals surface area contributed by atoms with Crippen LogP contribution in [0.15, 0.2) is 18.2 Å². The molecule has 0 spiro atoms. The molecular weight excluding hydrogens is 262 g/mol. The Labute approximate surface area is 117 Å². The van der Waals surface area contributed by atoms with Crippen molar-refractivity contribution in [2.75, 3.05) is 6.54 Å². The van der Waals surface area contributed by atoms with Crippen molar-refractivity contribution in [3.63, 3.8) is 0 Å². The molecule has 1 aliphatic rings. The predicted octanol–water partition coefficient (Wildman–Crippen LogP) is 2.14. The molecule has 0 saturated heterocycles. The summed E-state index contributed by atoms with van der Waals surface area (Å²) >= 11 is 0. The number of halogens is 2. The third-order valence-electron chi connectivity index (χ3n) is 3.97. The second kappa shape index (κ2) is 6.79. The standard InChI is InChI=1S/C15H20F2N2O/c16-12-6-3-7-13(17)11(12)8-15(20)19-14(9-18)10-4-1-2-5-10/h3,6-7,10,14H,1-2,4-5,8-9,18H2,(H,19,20). The fourth-order valence-electron chi connectivity index (χ4n) is 2.85. The van der Waals surface area contributed by atoms with Crippen LogP contribution in [0.25, 0.3) is 0 Å². The van der Waals surface area contributed by atoms with Crippen molar-refractivity contribution in [3.8, 4) is 0 Å². The minimum Gasteiger partial charge on any atom is -0.352 e. The molecule has 0 radical (unpaired) electrons. The summed E-state index contributed by atoms with van der Waals surface area (Å²) in [5.41, 5.74) is 5.50. The molecular formula is C15H20F2N2O. The van der Waals surface area contributed by atoms with Crippen LogP contribution in [0.1, 0.15) is 31.2 Å². The lowest BCUT2D eigenvalue weighted by Gasteiger charge is -2.23. The molecule has 1 unspecified atom stereocenters. The number of benzene rings is 1. The quantitative estimate of drug-likeness (QED) is 0.869. The third-order valence-corrected chi connectivity index (χ3v) is 3.97. The Morgan fingerprint density at radius 1 is 1.30 bits per heavy atom. The van der Waals surface area contributed by atoms with E-state index in [1.54, 1.807) is 0 Å². The number of hydrogen-bond acceptors (Lipinski definition) is 2. The van der Waals surface area contributed by atoms with Crippen LogP contribution in [0.3, 0.4) is 0 Å². The van der Waals surface area contributed by atoms with Gasteiger partial charge >= 0.3 is 0 Å². The fourth-order valence-corrected chi connectivity index (χ4v) is 2.85. The normalized spacial score (nSPS) is 17.1. The summed E-state index contributed by atoms with van der Waals surface area (Å²) in [5.74, 6) is -1.37. The van der Waals surface area contributed by atoms with Crippen LogP contribution >= 0.6 is 0 Å². The van der Waals surface area contributed by atoms with Gasteiger partial charge in [-0.2, -0.15) is 0 Å². The second-order valence-electron chi connectivity index (χ2n) is 5.33. The lowest BCUT2D eigenvalue weighted by atomic mass is 9.98. The predicted molar refractivity (Wildman–Crippen MR) is 73.0 cm³/mol. The first-order valence-corrected chi connectivity index (χ1v) is 7.04. The summed E-state index contributed by atoms with van der Waals surface area (Å²) < 4.78 is 27.0. The molecule has 1 fully saturated rings. The lowest BCUT2D eigenvalue weighted by Crippen LogP contribution is -2.45. The molecule has 3 N–H and O–H groups in total. The number of amides is 1. The lowest BCUT2D eigenvalue weighted by molar-refractivity contribution is -0.121. The van der Waals surface area contributed by atoms with Gasteiger partial charge < -0.3 is 11.1 Å². The van der Waals surface area contributed by atoms with Gasteiger partial charge in [-0.25, -0.2) is 8.78 Å².